The zero-order valence-corrected chi connectivity index (χ0v) is 11.3. The maximum Gasteiger partial charge on any atom is 0.253 e. The highest BCUT2D eigenvalue weighted by Crippen LogP contribution is 2.18. The molecule has 1 unspecified atom stereocenters. The maximum absolute atomic E-state index is 12.1. The van der Waals surface area contributed by atoms with Crippen molar-refractivity contribution in [3.63, 3.8) is 0 Å². The fraction of sp³-hybridized carbons (Fsp3) is 0.500. The zero-order valence-electron chi connectivity index (χ0n) is 10.5. The van der Waals surface area contributed by atoms with Crippen LogP contribution in [0.2, 0.25) is 5.02 Å². The molecule has 0 bridgehead atoms. The molecule has 1 fully saturated rings. The number of aromatic nitrogens is 1. The van der Waals surface area contributed by atoms with Gasteiger partial charge in [-0.25, -0.2) is 4.98 Å². The average molecular weight is 269 g/mol. The number of nitrogens with one attached hydrogen (secondary N) is 2. The predicted octanol–water partition coefficient (Wildman–Crippen LogP) is 1.21. The van der Waals surface area contributed by atoms with E-state index in [0.29, 0.717) is 16.4 Å². The number of hydrogen-bond donors (Lipinski definition) is 2. The van der Waals surface area contributed by atoms with Gasteiger partial charge >= 0.3 is 0 Å². The van der Waals surface area contributed by atoms with Crippen LogP contribution < -0.4 is 10.6 Å². The van der Waals surface area contributed by atoms with Gasteiger partial charge in [-0.3, -0.25) is 4.79 Å². The second kappa shape index (κ2) is 5.54. The first kappa shape index (κ1) is 13.1. The van der Waals surface area contributed by atoms with Gasteiger partial charge in [-0.1, -0.05) is 11.6 Å². The summed E-state index contributed by atoms with van der Waals surface area (Å²) in [6.45, 7) is 1.89. The van der Waals surface area contributed by atoms with Gasteiger partial charge in [0.25, 0.3) is 5.91 Å². The summed E-state index contributed by atoms with van der Waals surface area (Å²) in [5.74, 6) is 0.493. The molecule has 0 radical (unpaired) electrons. The van der Waals surface area contributed by atoms with E-state index in [2.05, 4.69) is 20.5 Å². The first-order valence-corrected chi connectivity index (χ1v) is 6.30. The Morgan fingerprint density at radius 2 is 2.39 bits per heavy atom. The molecule has 1 amide bonds. The second-order valence-electron chi connectivity index (χ2n) is 4.52. The first-order valence-electron chi connectivity index (χ1n) is 5.93. The van der Waals surface area contributed by atoms with Crippen LogP contribution in [0, 0.1) is 0 Å². The Morgan fingerprint density at radius 3 is 3.00 bits per heavy atom. The molecule has 1 aliphatic rings. The largest absolute Gasteiger partial charge is 0.373 e. The highest BCUT2D eigenvalue weighted by Gasteiger charge is 2.22. The number of halogens is 1. The van der Waals surface area contributed by atoms with E-state index in [0.717, 1.165) is 19.5 Å². The van der Waals surface area contributed by atoms with Crippen LogP contribution in [0.1, 0.15) is 16.8 Å². The number of likely N-dealkylation sites (tertiary alicyclic amines) is 1. The monoisotopic (exact) mass is 268 g/mol. The van der Waals surface area contributed by atoms with E-state index in [4.69, 9.17) is 11.6 Å². The van der Waals surface area contributed by atoms with Gasteiger partial charge in [-0.2, -0.15) is 0 Å². The van der Waals surface area contributed by atoms with Gasteiger partial charge in [0, 0.05) is 25.8 Å². The number of pyridine rings is 1. The minimum Gasteiger partial charge on any atom is -0.373 e. The molecule has 1 aromatic heterocycles. The topological polar surface area (TPSA) is 57.3 Å². The number of carbonyl (C=O) groups is 1. The molecular formula is C12H17ClN4O. The Hall–Kier alpha value is -1.33. The second-order valence-corrected chi connectivity index (χ2v) is 4.93. The van der Waals surface area contributed by atoms with Gasteiger partial charge in [0.05, 0.1) is 10.6 Å². The van der Waals surface area contributed by atoms with E-state index in [1.807, 2.05) is 7.05 Å². The van der Waals surface area contributed by atoms with E-state index in [9.17, 15) is 4.79 Å². The Bertz CT molecular complexity index is 452. The van der Waals surface area contributed by atoms with Gasteiger partial charge in [0.1, 0.15) is 5.82 Å². The fourth-order valence-corrected chi connectivity index (χ4v) is 2.25. The summed E-state index contributed by atoms with van der Waals surface area (Å²) in [6, 6.07) is 1.86. The lowest BCUT2D eigenvalue weighted by Crippen LogP contribution is -2.36. The molecule has 2 rings (SSSR count). The van der Waals surface area contributed by atoms with Crippen LogP contribution in [-0.4, -0.2) is 49.0 Å². The minimum atomic E-state index is -0.140. The molecule has 2 N–H and O–H groups in total. The van der Waals surface area contributed by atoms with Crippen molar-refractivity contribution in [3.05, 3.63) is 22.8 Å². The summed E-state index contributed by atoms with van der Waals surface area (Å²) in [5.41, 5.74) is 0.463. The maximum atomic E-state index is 12.1. The average Bonchev–Trinajstić information content (AvgIpc) is 2.75. The first-order chi connectivity index (χ1) is 8.60. The molecule has 2 heterocycles. The van der Waals surface area contributed by atoms with Crippen LogP contribution in [0.5, 0.6) is 0 Å². The van der Waals surface area contributed by atoms with Crippen molar-refractivity contribution in [3.8, 4) is 0 Å². The molecular weight excluding hydrogens is 252 g/mol. The van der Waals surface area contributed by atoms with Gasteiger partial charge in [-0.05, 0) is 26.1 Å². The third kappa shape index (κ3) is 2.91. The smallest absolute Gasteiger partial charge is 0.253 e. The third-order valence-corrected chi connectivity index (χ3v) is 3.38. The molecule has 0 spiro atoms. The lowest BCUT2D eigenvalue weighted by atomic mass is 10.2. The van der Waals surface area contributed by atoms with Crippen LogP contribution >= 0.6 is 11.6 Å². The standard InChI is InChI=1S/C12H17ClN4O/c1-14-11-5-9(10(13)6-15-11)12(18)16-8-3-4-17(2)7-8/h5-6,8H,3-4,7H2,1-2H3,(H,14,15)(H,16,18). The van der Waals surface area contributed by atoms with Crippen molar-refractivity contribution in [1.29, 1.82) is 0 Å². The van der Waals surface area contributed by atoms with E-state index < -0.39 is 0 Å². The molecule has 5 nitrogen and oxygen atoms in total. The molecule has 18 heavy (non-hydrogen) atoms. The molecule has 6 heteroatoms. The zero-order chi connectivity index (χ0) is 13.1. The van der Waals surface area contributed by atoms with Crippen LogP contribution in [0.15, 0.2) is 12.3 Å². The summed E-state index contributed by atoms with van der Waals surface area (Å²) in [6.07, 6.45) is 2.47. The van der Waals surface area contributed by atoms with Crippen molar-refractivity contribution in [2.24, 2.45) is 0 Å². The molecule has 0 saturated carbocycles. The molecule has 1 aromatic rings. The van der Waals surface area contributed by atoms with Gasteiger partial charge in [0.2, 0.25) is 0 Å². The van der Waals surface area contributed by atoms with Crippen molar-refractivity contribution in [2.75, 3.05) is 32.5 Å². The van der Waals surface area contributed by atoms with E-state index in [1.54, 1.807) is 13.1 Å². The highest BCUT2D eigenvalue weighted by atomic mass is 35.5. The van der Waals surface area contributed by atoms with Crippen LogP contribution in [0.25, 0.3) is 0 Å². The highest BCUT2D eigenvalue weighted by molar-refractivity contribution is 6.33. The molecule has 98 valence electrons. The number of carbonyl (C=O) groups excluding carboxylic acids is 1. The molecule has 0 aromatic carbocycles. The van der Waals surface area contributed by atoms with Crippen LogP contribution in [-0.2, 0) is 0 Å². The summed E-state index contributed by atoms with van der Waals surface area (Å²) in [5, 5.41) is 6.26. The van der Waals surface area contributed by atoms with E-state index >= 15 is 0 Å². The SMILES string of the molecule is CNc1cc(C(=O)NC2CCN(C)C2)c(Cl)cn1. The van der Waals surface area contributed by atoms with Crippen molar-refractivity contribution < 1.29 is 4.79 Å². The molecule has 0 aliphatic carbocycles. The number of likely N-dealkylation sites (N-methyl/N-ethyl adjacent to an activating group) is 1. The van der Waals surface area contributed by atoms with Crippen molar-refractivity contribution in [1.82, 2.24) is 15.2 Å². The molecule has 1 atom stereocenters. The van der Waals surface area contributed by atoms with Crippen molar-refractivity contribution >= 4 is 23.3 Å². The fourth-order valence-electron chi connectivity index (χ4n) is 2.07. The number of hydrogen-bond acceptors (Lipinski definition) is 4. The van der Waals surface area contributed by atoms with Gasteiger partial charge in [0.15, 0.2) is 0 Å². The lowest BCUT2D eigenvalue weighted by molar-refractivity contribution is 0.0938. The number of nitrogens with zero attached hydrogens (tertiary/aromatic N) is 2. The molecule has 1 saturated heterocycles. The lowest BCUT2D eigenvalue weighted by Gasteiger charge is -2.14. The summed E-state index contributed by atoms with van der Waals surface area (Å²) < 4.78 is 0. The normalized spacial score (nSPS) is 19.8. The van der Waals surface area contributed by atoms with Gasteiger partial charge < -0.3 is 15.5 Å². The van der Waals surface area contributed by atoms with E-state index in [-0.39, 0.29) is 11.9 Å². The Morgan fingerprint density at radius 1 is 1.61 bits per heavy atom. The molecule has 1 aliphatic heterocycles. The van der Waals surface area contributed by atoms with E-state index in [1.165, 1.54) is 6.20 Å². The Balaban J connectivity index is 2.08. The summed E-state index contributed by atoms with van der Waals surface area (Å²) in [7, 11) is 3.80. The van der Waals surface area contributed by atoms with Crippen LogP contribution in [0.4, 0.5) is 5.82 Å². The predicted molar refractivity (Wildman–Crippen MR) is 72.2 cm³/mol. The third-order valence-electron chi connectivity index (χ3n) is 3.08. The van der Waals surface area contributed by atoms with Crippen LogP contribution in [0.3, 0.4) is 0 Å². The Labute approximate surface area is 112 Å². The number of amides is 1. The quantitative estimate of drug-likeness (QED) is 0.865. The van der Waals surface area contributed by atoms with Gasteiger partial charge in [-0.15, -0.1) is 0 Å². The number of rotatable bonds is 3. The number of anilines is 1. The van der Waals surface area contributed by atoms with Crippen molar-refractivity contribution in [2.45, 2.75) is 12.5 Å². The summed E-state index contributed by atoms with van der Waals surface area (Å²) in [4.78, 5) is 18.4. The summed E-state index contributed by atoms with van der Waals surface area (Å²) >= 11 is 6.00. The minimum absolute atomic E-state index is 0.140. The Kier molecular flexibility index (Phi) is 4.04.